The number of aryl methyl sites for hydroxylation is 1. The predicted octanol–water partition coefficient (Wildman–Crippen LogP) is 3.10. The van der Waals surface area contributed by atoms with Crippen LogP contribution in [-0.4, -0.2) is 17.1 Å². The van der Waals surface area contributed by atoms with Crippen molar-refractivity contribution in [3.8, 4) is 0 Å². The van der Waals surface area contributed by atoms with Crippen molar-refractivity contribution in [2.24, 2.45) is 0 Å². The minimum Gasteiger partial charge on any atom is -0.478 e. The molecule has 1 saturated carbocycles. The number of carboxylic acids is 1. The van der Waals surface area contributed by atoms with Gasteiger partial charge in [0.25, 0.3) is 0 Å². The van der Waals surface area contributed by atoms with Gasteiger partial charge in [0.2, 0.25) is 0 Å². The van der Waals surface area contributed by atoms with Crippen LogP contribution in [0.3, 0.4) is 0 Å². The number of hydrogen-bond acceptors (Lipinski definition) is 2. The first-order valence-corrected chi connectivity index (χ1v) is 6.22. The minimum atomic E-state index is -1.03. The van der Waals surface area contributed by atoms with E-state index in [1.807, 2.05) is 4.90 Å². The molecule has 98 valence electrons. The first-order valence-electron chi connectivity index (χ1n) is 6.22. The van der Waals surface area contributed by atoms with E-state index in [2.05, 4.69) is 6.58 Å². The van der Waals surface area contributed by atoms with E-state index in [9.17, 15) is 14.3 Å². The van der Waals surface area contributed by atoms with E-state index >= 15 is 0 Å². The molecule has 0 radical (unpaired) electrons. The lowest BCUT2D eigenvalue weighted by Gasteiger charge is -2.30. The molecule has 0 unspecified atom stereocenters. The van der Waals surface area contributed by atoms with Crippen LogP contribution in [0.1, 0.15) is 24.0 Å². The van der Waals surface area contributed by atoms with Crippen LogP contribution in [0.4, 0.5) is 10.1 Å². The molecule has 0 aromatic heterocycles. The van der Waals surface area contributed by atoms with Crippen molar-refractivity contribution in [3.63, 3.8) is 0 Å². The summed E-state index contributed by atoms with van der Waals surface area (Å²) >= 11 is 0. The van der Waals surface area contributed by atoms with Gasteiger partial charge in [-0.3, -0.25) is 0 Å². The van der Waals surface area contributed by atoms with Gasteiger partial charge in [-0.05, 0) is 43.0 Å². The maximum Gasteiger partial charge on any atom is 0.337 e. The van der Waals surface area contributed by atoms with E-state index in [1.54, 1.807) is 19.2 Å². The fourth-order valence-electron chi connectivity index (χ4n) is 2.39. The van der Waals surface area contributed by atoms with Crippen LogP contribution in [0, 0.1) is 12.7 Å². The van der Waals surface area contributed by atoms with E-state index in [0.717, 1.165) is 18.5 Å². The van der Waals surface area contributed by atoms with Gasteiger partial charge in [0.1, 0.15) is 5.82 Å². The van der Waals surface area contributed by atoms with Crippen molar-refractivity contribution in [3.05, 3.63) is 47.4 Å². The normalized spacial score (nSPS) is 18.1. The maximum absolute atomic E-state index is 13.7. The monoisotopic (exact) mass is 259 g/mol. The summed E-state index contributed by atoms with van der Waals surface area (Å²) in [7, 11) is 0. The first kappa shape index (κ1) is 12.0. The summed E-state index contributed by atoms with van der Waals surface area (Å²) in [6.07, 6.45) is 3.69. The van der Waals surface area contributed by atoms with Crippen LogP contribution in [0.15, 0.2) is 30.5 Å². The number of fused-ring (bicyclic) bond motifs is 1. The van der Waals surface area contributed by atoms with Crippen LogP contribution in [0.25, 0.3) is 5.57 Å². The number of carbonyl (C=O) groups is 1. The third-order valence-electron chi connectivity index (χ3n) is 3.64. The highest BCUT2D eigenvalue weighted by Gasteiger charge is 2.34. The molecule has 0 saturated heterocycles. The average Bonchev–Trinajstić information content (AvgIpc) is 3.16. The Kier molecular flexibility index (Phi) is 2.49. The predicted molar refractivity (Wildman–Crippen MR) is 71.4 cm³/mol. The Bertz CT molecular complexity index is 629. The summed E-state index contributed by atoms with van der Waals surface area (Å²) in [6, 6.07) is 3.48. The molecule has 1 aliphatic heterocycles. The summed E-state index contributed by atoms with van der Waals surface area (Å²) in [5.41, 5.74) is 2.51. The van der Waals surface area contributed by atoms with E-state index in [4.69, 9.17) is 0 Å². The minimum absolute atomic E-state index is 0.141. The third-order valence-corrected chi connectivity index (χ3v) is 3.64. The average molecular weight is 259 g/mol. The topological polar surface area (TPSA) is 40.5 Å². The van der Waals surface area contributed by atoms with Gasteiger partial charge < -0.3 is 10.0 Å². The highest BCUT2D eigenvalue weighted by Crippen LogP contribution is 2.42. The van der Waals surface area contributed by atoms with Crippen LogP contribution in [0.2, 0.25) is 0 Å². The molecule has 4 heteroatoms. The molecule has 3 nitrogen and oxygen atoms in total. The Hall–Kier alpha value is -2.10. The van der Waals surface area contributed by atoms with Crippen LogP contribution < -0.4 is 4.90 Å². The van der Waals surface area contributed by atoms with Gasteiger partial charge in [0.15, 0.2) is 0 Å². The molecule has 1 N–H and O–H groups in total. The Morgan fingerprint density at radius 3 is 2.74 bits per heavy atom. The van der Waals surface area contributed by atoms with E-state index in [-0.39, 0.29) is 11.4 Å². The number of rotatable bonds is 2. The van der Waals surface area contributed by atoms with E-state index in [1.165, 1.54) is 6.07 Å². The number of benzene rings is 1. The van der Waals surface area contributed by atoms with Gasteiger partial charge in [-0.2, -0.15) is 0 Å². The lowest BCUT2D eigenvalue weighted by atomic mass is 9.93. The lowest BCUT2D eigenvalue weighted by Crippen LogP contribution is -2.26. The number of carboxylic acid groups (broad SMARTS) is 1. The summed E-state index contributed by atoms with van der Waals surface area (Å²) in [5.74, 6) is -1.36. The Labute approximate surface area is 110 Å². The molecule has 3 rings (SSSR count). The molecular weight excluding hydrogens is 245 g/mol. The Balaban J connectivity index is 2.19. The molecular formula is C15H14FNO2. The largest absolute Gasteiger partial charge is 0.478 e. The van der Waals surface area contributed by atoms with E-state index < -0.39 is 5.97 Å². The van der Waals surface area contributed by atoms with Gasteiger partial charge in [0, 0.05) is 23.5 Å². The van der Waals surface area contributed by atoms with E-state index in [0.29, 0.717) is 22.7 Å². The molecule has 1 aromatic carbocycles. The summed E-state index contributed by atoms with van der Waals surface area (Å²) in [6.45, 7) is 5.51. The fraction of sp³-hybridized carbons (Fsp3) is 0.267. The van der Waals surface area contributed by atoms with Crippen LogP contribution >= 0.6 is 0 Å². The fourth-order valence-corrected chi connectivity index (χ4v) is 2.39. The molecule has 2 aliphatic rings. The number of halogens is 1. The molecule has 0 bridgehead atoms. The van der Waals surface area contributed by atoms with Crippen molar-refractivity contribution in [2.75, 3.05) is 4.90 Å². The number of anilines is 1. The summed E-state index contributed by atoms with van der Waals surface area (Å²) < 4.78 is 13.7. The Morgan fingerprint density at radius 2 is 2.16 bits per heavy atom. The number of aliphatic carboxylic acids is 1. The van der Waals surface area contributed by atoms with Gasteiger partial charge in [0.05, 0.1) is 5.57 Å². The standard InChI is InChI=1S/C15H14FNO2/c1-8-5-14-11(6-13(8)16)9(2)12(15(18)19)7-17(14)10-3-4-10/h5-7,10H,2-4H2,1H3,(H,18,19). The van der Waals surface area contributed by atoms with Crippen LogP contribution in [0.5, 0.6) is 0 Å². The van der Waals surface area contributed by atoms with Gasteiger partial charge in [-0.1, -0.05) is 6.58 Å². The van der Waals surface area contributed by atoms with Crippen molar-refractivity contribution >= 4 is 17.2 Å². The van der Waals surface area contributed by atoms with Gasteiger partial charge in [-0.25, -0.2) is 9.18 Å². The summed E-state index contributed by atoms with van der Waals surface area (Å²) in [5, 5.41) is 9.23. The number of nitrogens with zero attached hydrogens (tertiary/aromatic N) is 1. The van der Waals surface area contributed by atoms with Crippen molar-refractivity contribution < 1.29 is 14.3 Å². The highest BCUT2D eigenvalue weighted by molar-refractivity contribution is 6.08. The molecule has 0 atom stereocenters. The highest BCUT2D eigenvalue weighted by atomic mass is 19.1. The second-order valence-electron chi connectivity index (χ2n) is 5.08. The smallest absolute Gasteiger partial charge is 0.337 e. The molecule has 1 aromatic rings. The second-order valence-corrected chi connectivity index (χ2v) is 5.08. The quantitative estimate of drug-likeness (QED) is 0.887. The molecule has 0 amide bonds. The zero-order valence-electron chi connectivity index (χ0n) is 10.6. The zero-order chi connectivity index (χ0) is 13.7. The molecule has 0 spiro atoms. The van der Waals surface area contributed by atoms with Crippen LogP contribution in [-0.2, 0) is 4.79 Å². The molecule has 1 heterocycles. The summed E-state index contributed by atoms with van der Waals surface area (Å²) in [4.78, 5) is 13.2. The van der Waals surface area contributed by atoms with Crippen molar-refractivity contribution in [1.82, 2.24) is 0 Å². The maximum atomic E-state index is 13.7. The Morgan fingerprint density at radius 1 is 1.47 bits per heavy atom. The van der Waals surface area contributed by atoms with Crippen molar-refractivity contribution in [1.29, 1.82) is 0 Å². The lowest BCUT2D eigenvalue weighted by molar-refractivity contribution is -0.132. The molecule has 19 heavy (non-hydrogen) atoms. The first-order chi connectivity index (χ1) is 8.99. The number of hydrogen-bond donors (Lipinski definition) is 1. The molecule has 1 aliphatic carbocycles. The van der Waals surface area contributed by atoms with Gasteiger partial charge in [-0.15, -0.1) is 0 Å². The van der Waals surface area contributed by atoms with Crippen molar-refractivity contribution in [2.45, 2.75) is 25.8 Å². The SMILES string of the molecule is C=C1C(C(=O)O)=CN(C2CC2)c2cc(C)c(F)cc21. The third kappa shape index (κ3) is 1.84. The second kappa shape index (κ2) is 3.95. The van der Waals surface area contributed by atoms with Gasteiger partial charge >= 0.3 is 5.97 Å². The molecule has 1 fully saturated rings. The zero-order valence-corrected chi connectivity index (χ0v) is 10.6.